The Labute approximate surface area is 311 Å². The lowest BCUT2D eigenvalue weighted by Crippen LogP contribution is -2.49. The van der Waals surface area contributed by atoms with Crippen molar-refractivity contribution in [3.8, 4) is 17.7 Å². The smallest absolute Gasteiger partial charge is 0.362 e. The first kappa shape index (κ1) is 39.9. The van der Waals surface area contributed by atoms with Crippen LogP contribution in [0, 0.1) is 34.0 Å². The fraction of sp³-hybridized carbons (Fsp3) is 0.632. The van der Waals surface area contributed by atoms with Crippen LogP contribution in [0.3, 0.4) is 0 Å². The van der Waals surface area contributed by atoms with Gasteiger partial charge in [0.05, 0.1) is 49.1 Å². The van der Waals surface area contributed by atoms with Gasteiger partial charge in [0.1, 0.15) is 17.5 Å². The topological polar surface area (TPSA) is 191 Å². The van der Waals surface area contributed by atoms with Crippen molar-refractivity contribution in [2.45, 2.75) is 117 Å². The Morgan fingerprint density at radius 2 is 1.81 bits per heavy atom. The number of likely N-dealkylation sites (tertiary alicyclic amines) is 1. The number of carbonyl (C=O) groups excluding carboxylic acids is 4. The molecule has 288 valence electrons. The number of nitriles is 1. The van der Waals surface area contributed by atoms with Gasteiger partial charge in [-0.05, 0) is 87.9 Å². The number of methoxy groups -OCH3 is 1. The number of esters is 1. The number of amides is 2. The Hall–Kier alpha value is -4.29. The number of benzene rings is 1. The number of fused-ring (bicyclic) bond motifs is 1. The number of nitrogens with one attached hydrogen (secondary N) is 1. The second-order valence-corrected chi connectivity index (χ2v) is 18.2. The van der Waals surface area contributed by atoms with Crippen molar-refractivity contribution in [2.24, 2.45) is 22.7 Å². The average Bonchev–Trinajstić information content (AvgIpc) is 3.89. The zero-order chi connectivity index (χ0) is 39.1. The van der Waals surface area contributed by atoms with Gasteiger partial charge in [0, 0.05) is 30.8 Å². The summed E-state index contributed by atoms with van der Waals surface area (Å²) in [5, 5.41) is 11.0. The molecule has 15 heteroatoms. The van der Waals surface area contributed by atoms with Crippen LogP contribution < -0.4 is 14.2 Å². The molecule has 1 aromatic heterocycles. The van der Waals surface area contributed by atoms with E-state index in [9.17, 15) is 32.9 Å². The normalized spacial score (nSPS) is 24.1. The van der Waals surface area contributed by atoms with E-state index in [-0.39, 0.29) is 32.2 Å². The van der Waals surface area contributed by atoms with Crippen LogP contribution in [0.5, 0.6) is 11.6 Å². The van der Waals surface area contributed by atoms with Crippen LogP contribution in [0.15, 0.2) is 30.5 Å². The van der Waals surface area contributed by atoms with E-state index in [2.05, 4.69) is 4.98 Å². The molecule has 5 rings (SSSR count). The molecule has 1 aliphatic heterocycles. The molecular formula is C38H50N4O10S. The van der Waals surface area contributed by atoms with Crippen LogP contribution >= 0.6 is 0 Å². The van der Waals surface area contributed by atoms with Gasteiger partial charge in [-0.25, -0.2) is 13.9 Å². The lowest BCUT2D eigenvalue weighted by atomic mass is 9.77. The first-order valence-corrected chi connectivity index (χ1v) is 19.3. The summed E-state index contributed by atoms with van der Waals surface area (Å²) in [7, 11) is -2.93. The van der Waals surface area contributed by atoms with Crippen LogP contribution in [-0.4, -0.2) is 78.9 Å². The molecule has 2 amide bonds. The molecule has 2 heterocycles. The summed E-state index contributed by atoms with van der Waals surface area (Å²) < 4.78 is 50.1. The van der Waals surface area contributed by atoms with Gasteiger partial charge in [0.25, 0.3) is 0 Å². The number of hydrogen-bond donors (Lipinski definition) is 1. The van der Waals surface area contributed by atoms with Gasteiger partial charge in [-0.15, -0.1) is 0 Å². The Morgan fingerprint density at radius 3 is 2.42 bits per heavy atom. The van der Waals surface area contributed by atoms with Crippen molar-refractivity contribution in [3.63, 3.8) is 0 Å². The predicted octanol–water partition coefficient (Wildman–Crippen LogP) is 4.80. The molecule has 0 bridgehead atoms. The van der Waals surface area contributed by atoms with Gasteiger partial charge >= 0.3 is 16.3 Å². The van der Waals surface area contributed by atoms with Gasteiger partial charge in [-0.3, -0.25) is 19.2 Å². The van der Waals surface area contributed by atoms with Crippen LogP contribution in [-0.2, 0) is 38.4 Å². The third-order valence-corrected chi connectivity index (χ3v) is 11.3. The molecule has 1 saturated heterocycles. The second-order valence-electron chi connectivity index (χ2n) is 16.9. The standard InChI is InChI=1S/C38H50N4O10S/c1-35(2,3)28(19-31(44)51-36(4,5)6)33(45)42-22-26(50-32-27-10-9-25(49-8)17-23(27)12-16-40-32)18-29(42)30(43)21-38(20-24(38)11-15-39)34(46)41-53(47,48)52-37(7)13-14-37/h9-10,12,16-17,24,26,28-29H,11,13-14,18-22H2,1-8H3,(H,41,46)/t24-,26-,28-,29+,38-/m1/s1. The molecule has 14 nitrogen and oxygen atoms in total. The van der Waals surface area contributed by atoms with Crippen molar-refractivity contribution < 1.29 is 46.0 Å². The highest BCUT2D eigenvalue weighted by Crippen LogP contribution is 2.58. The van der Waals surface area contributed by atoms with E-state index in [0.717, 1.165) is 5.39 Å². The zero-order valence-electron chi connectivity index (χ0n) is 31.7. The van der Waals surface area contributed by atoms with Crippen LogP contribution in [0.4, 0.5) is 0 Å². The molecule has 0 spiro atoms. The summed E-state index contributed by atoms with van der Waals surface area (Å²) in [4.78, 5) is 61.5. The highest BCUT2D eigenvalue weighted by atomic mass is 32.2. The number of rotatable bonds is 14. The zero-order valence-corrected chi connectivity index (χ0v) is 32.5. The Bertz CT molecular complexity index is 1920. The van der Waals surface area contributed by atoms with E-state index in [0.29, 0.717) is 29.9 Å². The van der Waals surface area contributed by atoms with Crippen LogP contribution in [0.1, 0.15) is 93.4 Å². The van der Waals surface area contributed by atoms with E-state index in [1.165, 1.54) is 4.90 Å². The van der Waals surface area contributed by atoms with Gasteiger partial charge in [-0.2, -0.15) is 13.7 Å². The monoisotopic (exact) mass is 754 g/mol. The molecule has 2 aliphatic carbocycles. The maximum Gasteiger partial charge on any atom is 0.362 e. The van der Waals surface area contributed by atoms with E-state index in [1.54, 1.807) is 59.2 Å². The SMILES string of the molecule is COc1ccc2c(O[C@@H]3C[C@@H](C(=O)C[C@]4(C(=O)NS(=O)(=O)OC5(C)CC5)C[C@H]4CC#N)N(C(=O)[C@@H](CC(=O)OC(C)(C)C)C(C)(C)C)C3)nccc2c1. The molecule has 0 unspecified atom stereocenters. The quantitative estimate of drug-likeness (QED) is 0.260. The number of ether oxygens (including phenoxy) is 3. The first-order chi connectivity index (χ1) is 24.6. The average molecular weight is 755 g/mol. The molecule has 3 fully saturated rings. The molecule has 1 N–H and O–H groups in total. The minimum absolute atomic E-state index is 0.0218. The highest BCUT2D eigenvalue weighted by molar-refractivity contribution is 7.85. The van der Waals surface area contributed by atoms with Gasteiger partial charge < -0.3 is 19.1 Å². The van der Waals surface area contributed by atoms with Crippen LogP contribution in [0.2, 0.25) is 0 Å². The fourth-order valence-corrected chi connectivity index (χ4v) is 8.14. The number of aromatic nitrogens is 1. The first-order valence-electron chi connectivity index (χ1n) is 17.9. The molecule has 3 aliphatic rings. The Balaban J connectivity index is 1.44. The number of pyridine rings is 1. The third kappa shape index (κ3) is 9.45. The number of Topliss-reactive ketones (excluding diaryl/α,β-unsaturated/α-hetero) is 1. The lowest BCUT2D eigenvalue weighted by molar-refractivity contribution is -0.161. The fourth-order valence-electron chi connectivity index (χ4n) is 6.97. The lowest BCUT2D eigenvalue weighted by Gasteiger charge is -2.35. The number of carbonyl (C=O) groups is 4. The van der Waals surface area contributed by atoms with Crippen molar-refractivity contribution in [1.82, 2.24) is 14.6 Å². The second kappa shape index (κ2) is 14.5. The van der Waals surface area contributed by atoms with Crippen molar-refractivity contribution in [1.29, 1.82) is 5.26 Å². The minimum Gasteiger partial charge on any atom is -0.497 e. The largest absolute Gasteiger partial charge is 0.497 e. The van der Waals surface area contributed by atoms with E-state index in [4.69, 9.17) is 18.4 Å². The van der Waals surface area contributed by atoms with E-state index >= 15 is 0 Å². The van der Waals surface area contributed by atoms with Gasteiger partial charge in [0.2, 0.25) is 17.7 Å². The van der Waals surface area contributed by atoms with Gasteiger partial charge in [-0.1, -0.05) is 20.8 Å². The van der Waals surface area contributed by atoms with Crippen LogP contribution in [0.25, 0.3) is 10.8 Å². The number of hydrogen-bond acceptors (Lipinski definition) is 12. The molecule has 2 saturated carbocycles. The molecule has 1 aromatic carbocycles. The highest BCUT2D eigenvalue weighted by Gasteiger charge is 2.62. The Kier molecular flexibility index (Phi) is 10.9. The number of ketones is 1. The summed E-state index contributed by atoms with van der Waals surface area (Å²) in [6.45, 7) is 12.3. The molecular weight excluding hydrogens is 705 g/mol. The van der Waals surface area contributed by atoms with Crippen molar-refractivity contribution >= 4 is 44.6 Å². The maximum absolute atomic E-state index is 14.6. The van der Waals surface area contributed by atoms with Crippen molar-refractivity contribution in [2.75, 3.05) is 13.7 Å². The van der Waals surface area contributed by atoms with E-state index < -0.39 is 86.3 Å². The summed E-state index contributed by atoms with van der Waals surface area (Å²) in [6, 6.07) is 8.15. The van der Waals surface area contributed by atoms with Gasteiger partial charge in [0.15, 0.2) is 5.78 Å². The third-order valence-electron chi connectivity index (χ3n) is 10.3. The van der Waals surface area contributed by atoms with E-state index in [1.807, 2.05) is 37.6 Å². The minimum atomic E-state index is -4.49. The molecule has 2 aromatic rings. The number of nitrogens with zero attached hydrogens (tertiary/aromatic N) is 3. The molecule has 53 heavy (non-hydrogen) atoms. The Morgan fingerprint density at radius 1 is 1.11 bits per heavy atom. The summed E-state index contributed by atoms with van der Waals surface area (Å²) in [5.41, 5.74) is -3.88. The summed E-state index contributed by atoms with van der Waals surface area (Å²) in [5.74, 6) is -2.96. The predicted molar refractivity (Wildman–Crippen MR) is 192 cm³/mol. The van der Waals surface area contributed by atoms with Crippen molar-refractivity contribution in [3.05, 3.63) is 30.5 Å². The summed E-state index contributed by atoms with van der Waals surface area (Å²) >= 11 is 0. The summed E-state index contributed by atoms with van der Waals surface area (Å²) in [6.07, 6.45) is 1.34. The molecule has 0 radical (unpaired) electrons. The maximum atomic E-state index is 14.6. The molecule has 5 atom stereocenters.